The van der Waals surface area contributed by atoms with Gasteiger partial charge >= 0.3 is 0 Å². The van der Waals surface area contributed by atoms with Crippen LogP contribution >= 0.6 is 23.2 Å². The van der Waals surface area contributed by atoms with Gasteiger partial charge in [-0.3, -0.25) is 4.79 Å². The van der Waals surface area contributed by atoms with Gasteiger partial charge in [0.2, 0.25) is 0 Å². The van der Waals surface area contributed by atoms with Gasteiger partial charge in [0.05, 0.1) is 10.6 Å². The average Bonchev–Trinajstić information content (AvgIpc) is 2.42. The van der Waals surface area contributed by atoms with E-state index in [9.17, 15) is 9.18 Å². The van der Waals surface area contributed by atoms with E-state index in [0.29, 0.717) is 5.69 Å². The number of halogens is 3. The van der Waals surface area contributed by atoms with Crippen LogP contribution in [0.1, 0.15) is 15.9 Å². The van der Waals surface area contributed by atoms with Crippen LogP contribution in [0.3, 0.4) is 0 Å². The fraction of sp³-hybridized carbons (Fsp3) is 0.0714. The Kier molecular flexibility index (Phi) is 4.40. The number of nitrogens with one attached hydrogen (secondary N) is 1. The van der Waals surface area contributed by atoms with Crippen molar-refractivity contribution in [2.75, 3.05) is 5.32 Å². The summed E-state index contributed by atoms with van der Waals surface area (Å²) < 4.78 is 13.3. The number of anilines is 1. The predicted molar refractivity (Wildman–Crippen MR) is 75.4 cm³/mol. The van der Waals surface area contributed by atoms with E-state index in [0.717, 1.165) is 5.56 Å². The Bertz CT molecular complexity index is 616. The highest BCUT2D eigenvalue weighted by Crippen LogP contribution is 2.22. The summed E-state index contributed by atoms with van der Waals surface area (Å²) in [7, 11) is 0. The minimum absolute atomic E-state index is 0.0889. The van der Waals surface area contributed by atoms with E-state index < -0.39 is 11.7 Å². The molecule has 0 atom stereocenters. The molecule has 1 amide bonds. The average molecular weight is 298 g/mol. The van der Waals surface area contributed by atoms with Crippen LogP contribution in [0.2, 0.25) is 5.02 Å². The van der Waals surface area contributed by atoms with Crippen LogP contribution in [-0.2, 0) is 5.88 Å². The van der Waals surface area contributed by atoms with Crippen molar-refractivity contribution in [1.29, 1.82) is 0 Å². The number of para-hydroxylation sites is 1. The van der Waals surface area contributed by atoms with Crippen molar-refractivity contribution in [2.45, 2.75) is 5.88 Å². The Morgan fingerprint density at radius 3 is 2.63 bits per heavy atom. The molecule has 2 aromatic carbocycles. The molecule has 0 unspecified atom stereocenters. The van der Waals surface area contributed by atoms with Crippen LogP contribution in [0.15, 0.2) is 42.5 Å². The standard InChI is InChI=1S/C14H10Cl2FNO/c15-8-9-4-1-2-7-12(9)18-14(19)10-5-3-6-11(17)13(10)16/h1-7H,8H2,(H,18,19). The highest BCUT2D eigenvalue weighted by molar-refractivity contribution is 6.34. The first-order valence-corrected chi connectivity index (χ1v) is 6.44. The zero-order chi connectivity index (χ0) is 13.8. The molecule has 0 aromatic heterocycles. The van der Waals surface area contributed by atoms with Crippen LogP contribution in [0.4, 0.5) is 10.1 Å². The molecule has 0 saturated heterocycles. The Hall–Kier alpha value is -1.58. The fourth-order valence-corrected chi connectivity index (χ4v) is 2.07. The molecule has 19 heavy (non-hydrogen) atoms. The van der Waals surface area contributed by atoms with Gasteiger partial charge < -0.3 is 5.32 Å². The zero-order valence-corrected chi connectivity index (χ0v) is 11.3. The quantitative estimate of drug-likeness (QED) is 0.832. The minimum atomic E-state index is -0.625. The molecule has 5 heteroatoms. The van der Waals surface area contributed by atoms with Crippen molar-refractivity contribution in [3.63, 3.8) is 0 Å². The van der Waals surface area contributed by atoms with Crippen molar-refractivity contribution in [3.8, 4) is 0 Å². The molecule has 2 aromatic rings. The lowest BCUT2D eigenvalue weighted by Crippen LogP contribution is -2.14. The second kappa shape index (κ2) is 6.04. The molecule has 0 aliphatic carbocycles. The highest BCUT2D eigenvalue weighted by Gasteiger charge is 2.14. The summed E-state index contributed by atoms with van der Waals surface area (Å²) in [5.41, 5.74) is 1.46. The molecule has 2 rings (SSSR count). The van der Waals surface area contributed by atoms with Crippen molar-refractivity contribution >= 4 is 34.8 Å². The van der Waals surface area contributed by atoms with Crippen LogP contribution in [0, 0.1) is 5.82 Å². The second-order valence-electron chi connectivity index (χ2n) is 3.85. The maximum Gasteiger partial charge on any atom is 0.257 e. The first-order chi connectivity index (χ1) is 9.13. The Labute approximate surface area is 120 Å². The molecule has 0 radical (unpaired) electrons. The first kappa shape index (κ1) is 13.8. The first-order valence-electron chi connectivity index (χ1n) is 5.52. The highest BCUT2D eigenvalue weighted by atomic mass is 35.5. The summed E-state index contributed by atoms with van der Waals surface area (Å²) in [5, 5.41) is 2.48. The Balaban J connectivity index is 2.28. The van der Waals surface area contributed by atoms with Gasteiger partial charge in [0.1, 0.15) is 5.82 Å². The smallest absolute Gasteiger partial charge is 0.257 e. The Morgan fingerprint density at radius 2 is 1.89 bits per heavy atom. The number of carbonyl (C=O) groups is 1. The number of hydrogen-bond donors (Lipinski definition) is 1. The summed E-state index contributed by atoms with van der Waals surface area (Å²) in [4.78, 5) is 12.0. The Morgan fingerprint density at radius 1 is 1.16 bits per heavy atom. The van der Waals surface area contributed by atoms with E-state index in [1.807, 2.05) is 6.07 Å². The van der Waals surface area contributed by atoms with Gasteiger partial charge in [0, 0.05) is 11.6 Å². The lowest BCUT2D eigenvalue weighted by atomic mass is 10.1. The van der Waals surface area contributed by atoms with Crippen molar-refractivity contribution in [3.05, 3.63) is 64.4 Å². The number of alkyl halides is 1. The van der Waals surface area contributed by atoms with Crippen molar-refractivity contribution in [2.24, 2.45) is 0 Å². The number of amides is 1. The summed E-state index contributed by atoms with van der Waals surface area (Å²) in [6.45, 7) is 0. The van der Waals surface area contributed by atoms with Crippen LogP contribution in [-0.4, -0.2) is 5.91 Å². The van der Waals surface area contributed by atoms with Gasteiger partial charge in [-0.15, -0.1) is 11.6 Å². The summed E-state index contributed by atoms with van der Waals surface area (Å²) in [6, 6.07) is 11.2. The normalized spacial score (nSPS) is 10.3. The molecule has 0 aliphatic rings. The van der Waals surface area contributed by atoms with E-state index in [-0.39, 0.29) is 16.5 Å². The molecule has 0 fully saturated rings. The van der Waals surface area contributed by atoms with Gasteiger partial charge in [0.25, 0.3) is 5.91 Å². The largest absolute Gasteiger partial charge is 0.322 e. The number of hydrogen-bond acceptors (Lipinski definition) is 1. The summed E-state index contributed by atoms with van der Waals surface area (Å²) in [6.07, 6.45) is 0. The lowest BCUT2D eigenvalue weighted by molar-refractivity contribution is 0.102. The fourth-order valence-electron chi connectivity index (χ4n) is 1.63. The minimum Gasteiger partial charge on any atom is -0.322 e. The SMILES string of the molecule is O=C(Nc1ccccc1CCl)c1cccc(F)c1Cl. The summed E-state index contributed by atoms with van der Waals surface area (Å²) >= 11 is 11.5. The third kappa shape index (κ3) is 3.06. The molecular formula is C14H10Cl2FNO. The number of benzene rings is 2. The zero-order valence-electron chi connectivity index (χ0n) is 9.79. The van der Waals surface area contributed by atoms with E-state index >= 15 is 0 Å². The van der Waals surface area contributed by atoms with E-state index in [4.69, 9.17) is 23.2 Å². The summed E-state index contributed by atoms with van der Waals surface area (Å²) in [5.74, 6) is -0.824. The van der Waals surface area contributed by atoms with Crippen LogP contribution in [0.25, 0.3) is 0 Å². The van der Waals surface area contributed by atoms with E-state index in [1.165, 1.54) is 18.2 Å². The van der Waals surface area contributed by atoms with Crippen molar-refractivity contribution in [1.82, 2.24) is 0 Å². The third-order valence-electron chi connectivity index (χ3n) is 2.61. The molecule has 2 nitrogen and oxygen atoms in total. The molecule has 0 spiro atoms. The molecule has 1 N–H and O–H groups in total. The maximum absolute atomic E-state index is 13.3. The van der Waals surface area contributed by atoms with Crippen molar-refractivity contribution < 1.29 is 9.18 Å². The lowest BCUT2D eigenvalue weighted by Gasteiger charge is -2.10. The molecule has 0 heterocycles. The van der Waals surface area contributed by atoms with E-state index in [1.54, 1.807) is 18.2 Å². The van der Waals surface area contributed by atoms with Gasteiger partial charge in [0.15, 0.2) is 0 Å². The number of rotatable bonds is 3. The van der Waals surface area contributed by atoms with Crippen LogP contribution < -0.4 is 5.32 Å². The molecule has 98 valence electrons. The number of carbonyl (C=O) groups excluding carboxylic acids is 1. The van der Waals surface area contributed by atoms with Crippen LogP contribution in [0.5, 0.6) is 0 Å². The van der Waals surface area contributed by atoms with E-state index in [2.05, 4.69) is 5.32 Å². The molecule has 0 aliphatic heterocycles. The molecule has 0 saturated carbocycles. The van der Waals surface area contributed by atoms with Gasteiger partial charge in [-0.1, -0.05) is 35.9 Å². The molecule has 0 bridgehead atoms. The van der Waals surface area contributed by atoms with Gasteiger partial charge in [-0.25, -0.2) is 4.39 Å². The molecular weight excluding hydrogens is 288 g/mol. The monoisotopic (exact) mass is 297 g/mol. The maximum atomic E-state index is 13.3. The second-order valence-corrected chi connectivity index (χ2v) is 4.49. The predicted octanol–water partition coefficient (Wildman–Crippen LogP) is 4.47. The third-order valence-corrected chi connectivity index (χ3v) is 3.28. The topological polar surface area (TPSA) is 29.1 Å². The van der Waals surface area contributed by atoms with Gasteiger partial charge in [-0.2, -0.15) is 0 Å². The van der Waals surface area contributed by atoms with Gasteiger partial charge in [-0.05, 0) is 23.8 Å².